The van der Waals surface area contributed by atoms with Crippen molar-refractivity contribution in [1.82, 2.24) is 15.1 Å². The highest BCUT2D eigenvalue weighted by Gasteiger charge is 2.10. The lowest BCUT2D eigenvalue weighted by Crippen LogP contribution is -2.13. The third-order valence-corrected chi connectivity index (χ3v) is 3.48. The molecule has 0 aliphatic heterocycles. The van der Waals surface area contributed by atoms with Gasteiger partial charge >= 0.3 is 0 Å². The molecule has 0 aliphatic carbocycles. The molecule has 24 heavy (non-hydrogen) atoms. The van der Waals surface area contributed by atoms with Crippen molar-refractivity contribution < 1.29 is 9.32 Å². The molecule has 3 aromatic rings. The number of hydrogen-bond donors (Lipinski definition) is 2. The van der Waals surface area contributed by atoms with Gasteiger partial charge in [-0.1, -0.05) is 29.4 Å². The van der Waals surface area contributed by atoms with Crippen molar-refractivity contribution in [1.29, 1.82) is 0 Å². The van der Waals surface area contributed by atoms with Gasteiger partial charge in [-0.3, -0.25) is 4.79 Å². The summed E-state index contributed by atoms with van der Waals surface area (Å²) in [6.07, 6.45) is 2.94. The Morgan fingerprint density at radius 2 is 1.92 bits per heavy atom. The minimum absolute atomic E-state index is 0.339. The maximum Gasteiger partial charge on any atom is 0.260 e. The fraction of sp³-hybridized carbons (Fsp3) is 0.176. The van der Waals surface area contributed by atoms with E-state index in [-0.39, 0.29) is 5.91 Å². The van der Waals surface area contributed by atoms with Gasteiger partial charge in [0.05, 0.1) is 5.56 Å². The standard InChI is InChI=1S/C17H17N5O2/c1-11-5-3-4-6-13(11)8-18-17-19-9-14(10-20-17)16(23)21-15-7-12(2)24-22-15/h3-7,9-10H,8H2,1-2H3,(H,18,19,20)(H,21,22,23). The lowest BCUT2D eigenvalue weighted by Gasteiger charge is -2.07. The van der Waals surface area contributed by atoms with Gasteiger partial charge in [0, 0.05) is 25.0 Å². The molecule has 2 heterocycles. The van der Waals surface area contributed by atoms with Crippen molar-refractivity contribution in [3.8, 4) is 0 Å². The molecule has 1 aromatic carbocycles. The number of anilines is 2. The van der Waals surface area contributed by atoms with Crippen LogP contribution in [0.5, 0.6) is 0 Å². The fourth-order valence-electron chi connectivity index (χ4n) is 2.13. The molecule has 0 bridgehead atoms. The van der Waals surface area contributed by atoms with Crippen LogP contribution in [-0.4, -0.2) is 21.0 Å². The number of amides is 1. The molecule has 0 spiro atoms. The van der Waals surface area contributed by atoms with E-state index in [2.05, 4.69) is 38.7 Å². The van der Waals surface area contributed by atoms with E-state index >= 15 is 0 Å². The van der Waals surface area contributed by atoms with E-state index in [0.29, 0.717) is 29.6 Å². The Bertz CT molecular complexity index is 842. The topological polar surface area (TPSA) is 92.9 Å². The highest BCUT2D eigenvalue weighted by atomic mass is 16.5. The number of rotatable bonds is 5. The summed E-state index contributed by atoms with van der Waals surface area (Å²) in [6, 6.07) is 9.72. The van der Waals surface area contributed by atoms with Crippen molar-refractivity contribution in [3.63, 3.8) is 0 Å². The van der Waals surface area contributed by atoms with Crippen molar-refractivity contribution in [2.75, 3.05) is 10.6 Å². The zero-order chi connectivity index (χ0) is 16.9. The number of carbonyl (C=O) groups excluding carboxylic acids is 1. The average Bonchev–Trinajstić information content (AvgIpc) is 2.99. The summed E-state index contributed by atoms with van der Waals surface area (Å²) in [7, 11) is 0. The first-order valence-corrected chi connectivity index (χ1v) is 7.47. The Morgan fingerprint density at radius 3 is 2.58 bits per heavy atom. The average molecular weight is 323 g/mol. The molecule has 7 nitrogen and oxygen atoms in total. The van der Waals surface area contributed by atoms with Crippen LogP contribution in [0.4, 0.5) is 11.8 Å². The second-order valence-corrected chi connectivity index (χ2v) is 5.35. The first-order chi connectivity index (χ1) is 11.6. The van der Waals surface area contributed by atoms with Crippen LogP contribution in [0.15, 0.2) is 47.2 Å². The summed E-state index contributed by atoms with van der Waals surface area (Å²) in [5.41, 5.74) is 2.71. The van der Waals surface area contributed by atoms with Crippen LogP contribution < -0.4 is 10.6 Å². The fourth-order valence-corrected chi connectivity index (χ4v) is 2.13. The third-order valence-electron chi connectivity index (χ3n) is 3.48. The summed E-state index contributed by atoms with van der Waals surface area (Å²) in [4.78, 5) is 20.4. The van der Waals surface area contributed by atoms with Crippen molar-refractivity contribution >= 4 is 17.7 Å². The van der Waals surface area contributed by atoms with Gasteiger partial charge in [-0.05, 0) is 25.0 Å². The lowest BCUT2D eigenvalue weighted by molar-refractivity contribution is 0.102. The van der Waals surface area contributed by atoms with Crippen LogP contribution in [0, 0.1) is 13.8 Å². The summed E-state index contributed by atoms with van der Waals surface area (Å²) in [6.45, 7) is 4.42. The normalized spacial score (nSPS) is 10.4. The van der Waals surface area contributed by atoms with E-state index in [1.54, 1.807) is 13.0 Å². The van der Waals surface area contributed by atoms with E-state index in [1.165, 1.54) is 23.5 Å². The second-order valence-electron chi connectivity index (χ2n) is 5.35. The Hall–Kier alpha value is -3.22. The van der Waals surface area contributed by atoms with Crippen molar-refractivity contribution in [3.05, 3.63) is 65.2 Å². The number of carbonyl (C=O) groups is 1. The summed E-state index contributed by atoms with van der Waals surface area (Å²) >= 11 is 0. The molecular weight excluding hydrogens is 306 g/mol. The van der Waals surface area contributed by atoms with E-state index in [1.807, 2.05) is 18.2 Å². The molecule has 0 saturated carbocycles. The largest absolute Gasteiger partial charge is 0.360 e. The molecule has 0 radical (unpaired) electrons. The van der Waals surface area contributed by atoms with E-state index < -0.39 is 0 Å². The highest BCUT2D eigenvalue weighted by molar-refractivity contribution is 6.03. The number of aromatic nitrogens is 3. The molecule has 3 rings (SSSR count). The molecule has 0 fully saturated rings. The molecule has 7 heteroatoms. The van der Waals surface area contributed by atoms with Crippen molar-refractivity contribution in [2.24, 2.45) is 0 Å². The number of hydrogen-bond acceptors (Lipinski definition) is 6. The zero-order valence-electron chi connectivity index (χ0n) is 13.4. The zero-order valence-corrected chi connectivity index (χ0v) is 13.4. The van der Waals surface area contributed by atoms with Crippen LogP contribution in [0.2, 0.25) is 0 Å². The van der Waals surface area contributed by atoms with Gasteiger partial charge in [-0.2, -0.15) is 0 Å². The molecule has 1 amide bonds. The Balaban J connectivity index is 1.60. The summed E-state index contributed by atoms with van der Waals surface area (Å²) < 4.78 is 4.90. The maximum atomic E-state index is 12.1. The number of benzene rings is 1. The second kappa shape index (κ2) is 6.91. The smallest absolute Gasteiger partial charge is 0.260 e. The van der Waals surface area contributed by atoms with Gasteiger partial charge in [0.1, 0.15) is 5.76 Å². The highest BCUT2D eigenvalue weighted by Crippen LogP contribution is 2.11. The lowest BCUT2D eigenvalue weighted by atomic mass is 10.1. The van der Waals surface area contributed by atoms with Crippen LogP contribution in [0.1, 0.15) is 27.2 Å². The monoisotopic (exact) mass is 323 g/mol. The molecule has 2 N–H and O–H groups in total. The van der Waals surface area contributed by atoms with E-state index in [9.17, 15) is 4.79 Å². The summed E-state index contributed by atoms with van der Waals surface area (Å²) in [5, 5.41) is 9.47. The van der Waals surface area contributed by atoms with Crippen LogP contribution in [-0.2, 0) is 6.54 Å². The predicted octanol–water partition coefficient (Wildman–Crippen LogP) is 2.95. The minimum Gasteiger partial charge on any atom is -0.360 e. The van der Waals surface area contributed by atoms with Crippen LogP contribution in [0.3, 0.4) is 0 Å². The Labute approximate surface area is 139 Å². The molecule has 0 saturated heterocycles. The predicted molar refractivity (Wildman–Crippen MR) is 89.7 cm³/mol. The van der Waals surface area contributed by atoms with Crippen molar-refractivity contribution in [2.45, 2.75) is 20.4 Å². The van der Waals surface area contributed by atoms with Gasteiger partial charge in [0.2, 0.25) is 5.95 Å². The quantitative estimate of drug-likeness (QED) is 0.750. The van der Waals surface area contributed by atoms with Gasteiger partial charge in [-0.25, -0.2) is 9.97 Å². The number of nitrogens with one attached hydrogen (secondary N) is 2. The van der Waals surface area contributed by atoms with Crippen LogP contribution in [0.25, 0.3) is 0 Å². The van der Waals surface area contributed by atoms with Gasteiger partial charge in [0.25, 0.3) is 5.91 Å². The Kier molecular flexibility index (Phi) is 4.51. The molecule has 2 aromatic heterocycles. The van der Waals surface area contributed by atoms with Gasteiger partial charge < -0.3 is 15.2 Å². The molecular formula is C17H17N5O2. The molecule has 0 unspecified atom stereocenters. The third kappa shape index (κ3) is 3.75. The molecule has 122 valence electrons. The molecule has 0 aliphatic rings. The minimum atomic E-state index is -0.339. The van der Waals surface area contributed by atoms with Gasteiger partial charge in [0.15, 0.2) is 5.82 Å². The van der Waals surface area contributed by atoms with Gasteiger partial charge in [-0.15, -0.1) is 0 Å². The first kappa shape index (κ1) is 15.7. The number of aryl methyl sites for hydroxylation is 2. The SMILES string of the molecule is Cc1cc(NC(=O)c2cnc(NCc3ccccc3C)nc2)no1. The number of nitrogens with zero attached hydrogens (tertiary/aromatic N) is 3. The summed E-state index contributed by atoms with van der Waals surface area (Å²) in [5.74, 6) is 1.11. The molecule has 0 atom stereocenters. The maximum absolute atomic E-state index is 12.1. The Morgan fingerprint density at radius 1 is 1.17 bits per heavy atom. The van der Waals surface area contributed by atoms with E-state index in [4.69, 9.17) is 4.52 Å². The van der Waals surface area contributed by atoms with E-state index in [0.717, 1.165) is 0 Å². The first-order valence-electron chi connectivity index (χ1n) is 7.47. The van der Waals surface area contributed by atoms with Crippen LogP contribution >= 0.6 is 0 Å².